The highest BCUT2D eigenvalue weighted by atomic mass is 16.6. The number of benzene rings is 3. The van der Waals surface area contributed by atoms with Crippen molar-refractivity contribution >= 4 is 11.7 Å². The van der Waals surface area contributed by atoms with Gasteiger partial charge in [-0.2, -0.15) is 0 Å². The molecule has 0 heterocycles. The maximum atomic E-state index is 10.7. The molecule has 0 amide bonds. The summed E-state index contributed by atoms with van der Waals surface area (Å²) in [6.45, 7) is 2.72. The minimum absolute atomic E-state index is 0.00419. The SMILES string of the molecule is CC/C(=N\OCCOc1ccc(CC(=O)O)cc1)c1ccc(-c2ccccc2)cc1. The van der Waals surface area contributed by atoms with Crippen LogP contribution in [0.2, 0.25) is 0 Å². The first kappa shape index (κ1) is 21.1. The van der Waals surface area contributed by atoms with E-state index in [0.717, 1.165) is 23.3 Å². The van der Waals surface area contributed by atoms with Crippen LogP contribution in [0.25, 0.3) is 11.1 Å². The van der Waals surface area contributed by atoms with E-state index >= 15 is 0 Å². The van der Waals surface area contributed by atoms with Gasteiger partial charge in [0.1, 0.15) is 12.4 Å². The van der Waals surface area contributed by atoms with Gasteiger partial charge in [0, 0.05) is 0 Å². The summed E-state index contributed by atoms with van der Waals surface area (Å²) < 4.78 is 5.61. The summed E-state index contributed by atoms with van der Waals surface area (Å²) in [5.74, 6) is -0.180. The Balaban J connectivity index is 1.49. The van der Waals surface area contributed by atoms with Crippen LogP contribution >= 0.6 is 0 Å². The molecule has 0 spiro atoms. The molecule has 5 heteroatoms. The highest BCUT2D eigenvalue weighted by Crippen LogP contribution is 2.20. The van der Waals surface area contributed by atoms with E-state index in [1.54, 1.807) is 24.3 Å². The lowest BCUT2D eigenvalue weighted by molar-refractivity contribution is -0.136. The Morgan fingerprint density at radius 2 is 1.53 bits per heavy atom. The molecule has 0 saturated heterocycles. The Kier molecular flexibility index (Phi) is 7.61. The van der Waals surface area contributed by atoms with Crippen LogP contribution in [-0.2, 0) is 16.1 Å². The van der Waals surface area contributed by atoms with Gasteiger partial charge in [-0.25, -0.2) is 0 Å². The van der Waals surface area contributed by atoms with Crippen LogP contribution < -0.4 is 4.74 Å². The lowest BCUT2D eigenvalue weighted by Gasteiger charge is -2.08. The molecule has 30 heavy (non-hydrogen) atoms. The van der Waals surface area contributed by atoms with Gasteiger partial charge in [0.25, 0.3) is 0 Å². The topological polar surface area (TPSA) is 68.1 Å². The second-order valence-electron chi connectivity index (χ2n) is 6.73. The molecule has 0 aliphatic rings. The van der Waals surface area contributed by atoms with Gasteiger partial charge in [-0.1, -0.05) is 78.8 Å². The molecule has 0 aromatic heterocycles. The minimum atomic E-state index is -0.851. The fourth-order valence-corrected chi connectivity index (χ4v) is 3.01. The Morgan fingerprint density at radius 3 is 2.17 bits per heavy atom. The minimum Gasteiger partial charge on any atom is -0.490 e. The maximum Gasteiger partial charge on any atom is 0.307 e. The number of rotatable bonds is 10. The second-order valence-corrected chi connectivity index (χ2v) is 6.73. The molecule has 3 aromatic carbocycles. The zero-order valence-electron chi connectivity index (χ0n) is 17.0. The van der Waals surface area contributed by atoms with Crippen LogP contribution in [0.15, 0.2) is 84.0 Å². The quantitative estimate of drug-likeness (QED) is 0.287. The van der Waals surface area contributed by atoms with Crippen molar-refractivity contribution in [1.29, 1.82) is 0 Å². The number of hydrogen-bond acceptors (Lipinski definition) is 4. The standard InChI is InChI=1S/C25H25NO4/c1-2-24(22-12-10-21(11-13-22)20-6-4-3-5-7-20)26-30-17-16-29-23-14-8-19(9-15-23)18-25(27)28/h3-15H,2,16-18H2,1H3,(H,27,28)/b26-24+. The summed E-state index contributed by atoms with van der Waals surface area (Å²) >= 11 is 0. The number of ether oxygens (including phenoxy) is 1. The van der Waals surface area contributed by atoms with Gasteiger partial charge in [-0.15, -0.1) is 0 Å². The first-order chi connectivity index (χ1) is 14.7. The van der Waals surface area contributed by atoms with E-state index in [1.807, 2.05) is 25.1 Å². The first-order valence-corrected chi connectivity index (χ1v) is 9.94. The molecule has 0 radical (unpaired) electrons. The second kappa shape index (κ2) is 10.8. The normalized spacial score (nSPS) is 11.2. The predicted molar refractivity (Wildman–Crippen MR) is 118 cm³/mol. The van der Waals surface area contributed by atoms with E-state index in [0.29, 0.717) is 19.0 Å². The van der Waals surface area contributed by atoms with E-state index in [-0.39, 0.29) is 6.42 Å². The van der Waals surface area contributed by atoms with E-state index in [1.165, 1.54) is 11.1 Å². The number of hydrogen-bond donors (Lipinski definition) is 1. The fraction of sp³-hybridized carbons (Fsp3) is 0.200. The number of oxime groups is 1. The number of carboxylic acids is 1. The average Bonchev–Trinajstić information content (AvgIpc) is 2.78. The summed E-state index contributed by atoms with van der Waals surface area (Å²) in [7, 11) is 0. The average molecular weight is 403 g/mol. The molecule has 3 rings (SSSR count). The van der Waals surface area contributed by atoms with E-state index in [2.05, 4.69) is 41.6 Å². The largest absolute Gasteiger partial charge is 0.490 e. The Labute approximate surface area is 176 Å². The highest BCUT2D eigenvalue weighted by Gasteiger charge is 2.04. The van der Waals surface area contributed by atoms with Crippen molar-refractivity contribution in [2.75, 3.05) is 13.2 Å². The van der Waals surface area contributed by atoms with Crippen molar-refractivity contribution in [3.8, 4) is 16.9 Å². The van der Waals surface area contributed by atoms with Crippen molar-refractivity contribution in [1.82, 2.24) is 0 Å². The number of carboxylic acid groups (broad SMARTS) is 1. The molecule has 0 aliphatic heterocycles. The summed E-state index contributed by atoms with van der Waals surface area (Å²) in [6.07, 6.45) is 0.765. The van der Waals surface area contributed by atoms with Crippen LogP contribution in [0, 0.1) is 0 Å². The predicted octanol–water partition coefficient (Wildman–Crippen LogP) is 5.19. The zero-order chi connectivity index (χ0) is 21.2. The maximum absolute atomic E-state index is 10.7. The van der Waals surface area contributed by atoms with Crippen molar-refractivity contribution in [2.45, 2.75) is 19.8 Å². The van der Waals surface area contributed by atoms with Crippen LogP contribution in [0.5, 0.6) is 5.75 Å². The molecule has 3 aromatic rings. The molecular weight excluding hydrogens is 378 g/mol. The third-order valence-electron chi connectivity index (χ3n) is 4.56. The highest BCUT2D eigenvalue weighted by molar-refractivity contribution is 6.00. The van der Waals surface area contributed by atoms with Crippen molar-refractivity contribution in [3.63, 3.8) is 0 Å². The summed E-state index contributed by atoms with van der Waals surface area (Å²) in [6, 6.07) is 25.6. The monoisotopic (exact) mass is 403 g/mol. The van der Waals surface area contributed by atoms with E-state index in [4.69, 9.17) is 14.7 Å². The Bertz CT molecular complexity index is 964. The molecule has 1 N–H and O–H groups in total. The lowest BCUT2D eigenvalue weighted by atomic mass is 10.0. The summed E-state index contributed by atoms with van der Waals surface area (Å²) in [5, 5.41) is 13.1. The molecular formula is C25H25NO4. The molecule has 0 aliphatic carbocycles. The molecule has 0 fully saturated rings. The third kappa shape index (κ3) is 6.21. The number of aliphatic carboxylic acids is 1. The van der Waals surface area contributed by atoms with Crippen LogP contribution in [-0.4, -0.2) is 30.0 Å². The van der Waals surface area contributed by atoms with Crippen molar-refractivity contribution < 1.29 is 19.5 Å². The van der Waals surface area contributed by atoms with E-state index < -0.39 is 5.97 Å². The molecule has 0 saturated carbocycles. The number of carbonyl (C=O) groups is 1. The molecule has 0 unspecified atom stereocenters. The first-order valence-electron chi connectivity index (χ1n) is 9.94. The van der Waals surface area contributed by atoms with Crippen molar-refractivity contribution in [3.05, 3.63) is 90.0 Å². The van der Waals surface area contributed by atoms with Gasteiger partial charge in [-0.05, 0) is 40.8 Å². The Morgan fingerprint density at radius 1 is 0.867 bits per heavy atom. The third-order valence-corrected chi connectivity index (χ3v) is 4.56. The lowest BCUT2D eigenvalue weighted by Crippen LogP contribution is -2.07. The molecule has 0 atom stereocenters. The van der Waals surface area contributed by atoms with Crippen LogP contribution in [0.3, 0.4) is 0 Å². The summed E-state index contributed by atoms with van der Waals surface area (Å²) in [5.41, 5.74) is 5.00. The van der Waals surface area contributed by atoms with Gasteiger partial charge < -0.3 is 14.7 Å². The van der Waals surface area contributed by atoms with Gasteiger partial charge in [0.15, 0.2) is 6.61 Å². The molecule has 0 bridgehead atoms. The van der Waals surface area contributed by atoms with E-state index in [9.17, 15) is 4.79 Å². The Hall–Kier alpha value is -3.60. The fourth-order valence-electron chi connectivity index (χ4n) is 3.01. The number of nitrogens with zero attached hydrogens (tertiary/aromatic N) is 1. The van der Waals surface area contributed by atoms with Crippen LogP contribution in [0.1, 0.15) is 24.5 Å². The summed E-state index contributed by atoms with van der Waals surface area (Å²) in [4.78, 5) is 16.1. The van der Waals surface area contributed by atoms with Gasteiger partial charge in [0.2, 0.25) is 0 Å². The van der Waals surface area contributed by atoms with Gasteiger partial charge in [-0.3, -0.25) is 4.79 Å². The van der Waals surface area contributed by atoms with Gasteiger partial charge >= 0.3 is 5.97 Å². The van der Waals surface area contributed by atoms with Gasteiger partial charge in [0.05, 0.1) is 12.1 Å². The smallest absolute Gasteiger partial charge is 0.307 e. The zero-order valence-corrected chi connectivity index (χ0v) is 17.0. The van der Waals surface area contributed by atoms with Crippen molar-refractivity contribution in [2.24, 2.45) is 5.16 Å². The molecule has 5 nitrogen and oxygen atoms in total. The molecule has 154 valence electrons. The van der Waals surface area contributed by atoms with Crippen LogP contribution in [0.4, 0.5) is 0 Å².